The van der Waals surface area contributed by atoms with Gasteiger partial charge in [-0.25, -0.2) is 4.39 Å². The van der Waals surface area contributed by atoms with E-state index in [1.807, 2.05) is 20.8 Å². The van der Waals surface area contributed by atoms with E-state index in [9.17, 15) is 9.18 Å². The van der Waals surface area contributed by atoms with Crippen LogP contribution in [0.3, 0.4) is 0 Å². The minimum absolute atomic E-state index is 0.0254. The summed E-state index contributed by atoms with van der Waals surface area (Å²) in [6, 6.07) is 4.16. The van der Waals surface area contributed by atoms with E-state index >= 15 is 0 Å². The lowest BCUT2D eigenvalue weighted by Crippen LogP contribution is -2.40. The topological polar surface area (TPSA) is 29.1 Å². The molecule has 0 unspecified atom stereocenters. The summed E-state index contributed by atoms with van der Waals surface area (Å²) in [5.41, 5.74) is -0.353. The molecule has 0 aliphatic heterocycles. The maximum atomic E-state index is 13.3. The van der Waals surface area contributed by atoms with Gasteiger partial charge in [0, 0.05) is 10.4 Å². The van der Waals surface area contributed by atoms with E-state index in [-0.39, 0.29) is 11.1 Å². The van der Waals surface area contributed by atoms with Crippen molar-refractivity contribution < 1.29 is 9.18 Å². The fourth-order valence-electron chi connectivity index (χ4n) is 1.10. The van der Waals surface area contributed by atoms with Crippen LogP contribution in [0, 0.1) is 5.82 Å². The lowest BCUT2D eigenvalue weighted by molar-refractivity contribution is 0.0915. The molecule has 0 saturated heterocycles. The first-order valence-corrected chi connectivity index (χ1v) is 5.05. The maximum absolute atomic E-state index is 13.3. The fraction of sp³-hybridized carbons (Fsp3) is 0.364. The summed E-state index contributed by atoms with van der Waals surface area (Å²) >= 11 is 4.06. The van der Waals surface area contributed by atoms with Crippen LogP contribution in [0.4, 0.5) is 4.39 Å². The Morgan fingerprint density at radius 2 is 2.00 bits per heavy atom. The van der Waals surface area contributed by atoms with Gasteiger partial charge in [-0.2, -0.15) is 0 Å². The SMILES string of the molecule is CC(C)(C)NC(=O)c1cc(S)ccc1F. The van der Waals surface area contributed by atoms with E-state index in [0.717, 1.165) is 0 Å². The lowest BCUT2D eigenvalue weighted by atomic mass is 10.1. The molecule has 0 radical (unpaired) electrons. The molecule has 0 bridgehead atoms. The Balaban J connectivity index is 2.96. The molecule has 1 amide bonds. The molecule has 4 heteroatoms. The second-order valence-electron chi connectivity index (χ2n) is 4.37. The Kier molecular flexibility index (Phi) is 3.39. The average Bonchev–Trinajstić information content (AvgIpc) is 2.06. The number of nitrogens with one attached hydrogen (secondary N) is 1. The fourth-order valence-corrected chi connectivity index (χ4v) is 1.30. The van der Waals surface area contributed by atoms with Gasteiger partial charge in [0.05, 0.1) is 5.56 Å². The third-order valence-electron chi connectivity index (χ3n) is 1.68. The Hall–Kier alpha value is -1.03. The van der Waals surface area contributed by atoms with Gasteiger partial charge in [0.2, 0.25) is 0 Å². The Morgan fingerprint density at radius 3 is 2.53 bits per heavy atom. The van der Waals surface area contributed by atoms with Crippen LogP contribution in [0.15, 0.2) is 23.1 Å². The van der Waals surface area contributed by atoms with Gasteiger partial charge < -0.3 is 5.32 Å². The normalized spacial score (nSPS) is 11.3. The van der Waals surface area contributed by atoms with Gasteiger partial charge in [0.25, 0.3) is 5.91 Å². The Bertz CT molecular complexity index is 385. The highest BCUT2D eigenvalue weighted by molar-refractivity contribution is 7.80. The van der Waals surface area contributed by atoms with Crippen molar-refractivity contribution in [3.8, 4) is 0 Å². The molecule has 0 aliphatic rings. The van der Waals surface area contributed by atoms with Gasteiger partial charge in [-0.05, 0) is 39.0 Å². The zero-order valence-corrected chi connectivity index (χ0v) is 9.86. The van der Waals surface area contributed by atoms with Crippen LogP contribution in [-0.4, -0.2) is 11.4 Å². The van der Waals surface area contributed by atoms with Crippen LogP contribution in [0.1, 0.15) is 31.1 Å². The van der Waals surface area contributed by atoms with Gasteiger partial charge >= 0.3 is 0 Å². The van der Waals surface area contributed by atoms with E-state index in [2.05, 4.69) is 17.9 Å². The maximum Gasteiger partial charge on any atom is 0.254 e. The smallest absolute Gasteiger partial charge is 0.254 e. The van der Waals surface area contributed by atoms with E-state index < -0.39 is 11.7 Å². The molecule has 1 aromatic rings. The lowest BCUT2D eigenvalue weighted by Gasteiger charge is -2.20. The number of benzene rings is 1. The van der Waals surface area contributed by atoms with E-state index in [1.165, 1.54) is 18.2 Å². The number of carbonyl (C=O) groups is 1. The zero-order valence-electron chi connectivity index (χ0n) is 8.97. The van der Waals surface area contributed by atoms with E-state index in [4.69, 9.17) is 0 Å². The molecule has 0 aromatic heterocycles. The number of hydrogen-bond donors (Lipinski definition) is 2. The van der Waals surface area contributed by atoms with Crippen LogP contribution >= 0.6 is 12.6 Å². The highest BCUT2D eigenvalue weighted by Gasteiger charge is 2.18. The Labute approximate surface area is 94.3 Å². The van der Waals surface area contributed by atoms with Gasteiger partial charge in [-0.1, -0.05) is 0 Å². The predicted molar refractivity (Wildman–Crippen MR) is 60.9 cm³/mol. The van der Waals surface area contributed by atoms with Gasteiger partial charge in [-0.3, -0.25) is 4.79 Å². The van der Waals surface area contributed by atoms with Gasteiger partial charge in [-0.15, -0.1) is 12.6 Å². The van der Waals surface area contributed by atoms with Crippen molar-refractivity contribution in [3.63, 3.8) is 0 Å². The van der Waals surface area contributed by atoms with Crippen LogP contribution in [0.25, 0.3) is 0 Å². The van der Waals surface area contributed by atoms with Gasteiger partial charge in [0.1, 0.15) is 5.82 Å². The number of amides is 1. The molecular formula is C11H14FNOS. The highest BCUT2D eigenvalue weighted by atomic mass is 32.1. The minimum atomic E-state index is -0.533. The number of halogens is 1. The minimum Gasteiger partial charge on any atom is -0.347 e. The summed E-state index contributed by atoms with van der Waals surface area (Å²) in [6.45, 7) is 5.52. The molecule has 1 N–H and O–H groups in total. The molecule has 1 aromatic carbocycles. The summed E-state index contributed by atoms with van der Waals surface area (Å²) < 4.78 is 13.3. The first-order valence-electron chi connectivity index (χ1n) is 4.60. The molecule has 0 aliphatic carbocycles. The first kappa shape index (κ1) is 12.0. The van der Waals surface area contributed by atoms with E-state index in [0.29, 0.717) is 4.90 Å². The summed E-state index contributed by atoms with van der Waals surface area (Å²) in [5.74, 6) is -0.953. The predicted octanol–water partition coefficient (Wildman–Crippen LogP) is 2.64. The summed E-state index contributed by atoms with van der Waals surface area (Å²) in [5, 5.41) is 2.69. The Morgan fingerprint density at radius 1 is 1.40 bits per heavy atom. The van der Waals surface area contributed by atoms with Crippen LogP contribution in [0.5, 0.6) is 0 Å². The molecule has 0 heterocycles. The van der Waals surface area contributed by atoms with Crippen molar-refractivity contribution >= 4 is 18.5 Å². The molecule has 0 saturated carbocycles. The molecule has 1 rings (SSSR count). The van der Waals surface area contributed by atoms with Crippen LogP contribution in [-0.2, 0) is 0 Å². The molecular weight excluding hydrogens is 213 g/mol. The third kappa shape index (κ3) is 3.55. The second-order valence-corrected chi connectivity index (χ2v) is 4.88. The first-order chi connectivity index (χ1) is 6.79. The van der Waals surface area contributed by atoms with Crippen LogP contribution in [0.2, 0.25) is 0 Å². The molecule has 82 valence electrons. The van der Waals surface area contributed by atoms with Crippen molar-refractivity contribution in [2.45, 2.75) is 31.2 Å². The summed E-state index contributed by atoms with van der Waals surface area (Å²) in [7, 11) is 0. The standard InChI is InChI=1S/C11H14FNOS/c1-11(2,3)13-10(14)8-6-7(15)4-5-9(8)12/h4-6,15H,1-3H3,(H,13,14). The van der Waals surface area contributed by atoms with Crippen LogP contribution < -0.4 is 5.32 Å². The second kappa shape index (κ2) is 4.23. The molecule has 0 atom stereocenters. The third-order valence-corrected chi connectivity index (χ3v) is 1.96. The quantitative estimate of drug-likeness (QED) is 0.710. The largest absolute Gasteiger partial charge is 0.347 e. The summed E-state index contributed by atoms with van der Waals surface area (Å²) in [4.78, 5) is 12.2. The molecule has 2 nitrogen and oxygen atoms in total. The number of thiol groups is 1. The number of hydrogen-bond acceptors (Lipinski definition) is 2. The van der Waals surface area contributed by atoms with Crippen molar-refractivity contribution in [1.29, 1.82) is 0 Å². The molecule has 0 fully saturated rings. The number of rotatable bonds is 1. The van der Waals surface area contributed by atoms with Crippen molar-refractivity contribution in [2.24, 2.45) is 0 Å². The highest BCUT2D eigenvalue weighted by Crippen LogP contribution is 2.14. The van der Waals surface area contributed by atoms with E-state index in [1.54, 1.807) is 0 Å². The average molecular weight is 227 g/mol. The van der Waals surface area contributed by atoms with Gasteiger partial charge in [0.15, 0.2) is 0 Å². The monoisotopic (exact) mass is 227 g/mol. The molecule has 0 spiro atoms. The van der Waals surface area contributed by atoms with Crippen molar-refractivity contribution in [3.05, 3.63) is 29.6 Å². The van der Waals surface area contributed by atoms with Crippen molar-refractivity contribution in [2.75, 3.05) is 0 Å². The number of carbonyl (C=O) groups excluding carboxylic acids is 1. The van der Waals surface area contributed by atoms with Crippen molar-refractivity contribution in [1.82, 2.24) is 5.32 Å². The molecule has 15 heavy (non-hydrogen) atoms. The summed E-state index contributed by atoms with van der Waals surface area (Å²) in [6.07, 6.45) is 0. The zero-order chi connectivity index (χ0) is 11.6.